The standard InChI is InChI=1S/C13H10BrNO3/c1-9-2-7-13(12(8-9)15(16)17)18-11-5-3-10(14)4-6-11/h2-8H,1H3. The molecule has 0 aliphatic carbocycles. The molecule has 0 unspecified atom stereocenters. The van der Waals surface area contributed by atoms with E-state index in [1.807, 2.05) is 12.1 Å². The van der Waals surface area contributed by atoms with Crippen LogP contribution in [-0.2, 0) is 0 Å². The van der Waals surface area contributed by atoms with Gasteiger partial charge in [-0.15, -0.1) is 0 Å². The Balaban J connectivity index is 2.34. The van der Waals surface area contributed by atoms with E-state index in [2.05, 4.69) is 15.9 Å². The van der Waals surface area contributed by atoms with Crippen molar-refractivity contribution in [3.63, 3.8) is 0 Å². The average Bonchev–Trinajstić information content (AvgIpc) is 2.34. The summed E-state index contributed by atoms with van der Waals surface area (Å²) in [6.07, 6.45) is 0. The molecule has 5 heteroatoms. The Kier molecular flexibility index (Phi) is 3.62. The van der Waals surface area contributed by atoms with Gasteiger partial charge in [0.15, 0.2) is 0 Å². The van der Waals surface area contributed by atoms with Crippen molar-refractivity contribution in [3.05, 3.63) is 62.6 Å². The molecule has 2 rings (SSSR count). The topological polar surface area (TPSA) is 52.4 Å². The second-order valence-corrected chi connectivity index (χ2v) is 4.70. The first-order valence-electron chi connectivity index (χ1n) is 5.25. The molecule has 4 nitrogen and oxygen atoms in total. The number of aryl methyl sites for hydroxylation is 1. The van der Waals surface area contributed by atoms with E-state index in [0.717, 1.165) is 10.0 Å². The molecule has 0 aliphatic heterocycles. The first-order chi connectivity index (χ1) is 8.56. The zero-order chi connectivity index (χ0) is 13.1. The highest BCUT2D eigenvalue weighted by Crippen LogP contribution is 2.32. The van der Waals surface area contributed by atoms with Crippen molar-refractivity contribution >= 4 is 21.6 Å². The van der Waals surface area contributed by atoms with Crippen LogP contribution in [0.3, 0.4) is 0 Å². The minimum absolute atomic E-state index is 0.0297. The number of halogens is 1. The number of rotatable bonds is 3. The first-order valence-corrected chi connectivity index (χ1v) is 6.04. The highest BCUT2D eigenvalue weighted by molar-refractivity contribution is 9.10. The Bertz CT molecular complexity index is 581. The maximum absolute atomic E-state index is 10.9. The third-order valence-corrected chi connectivity index (χ3v) is 2.88. The summed E-state index contributed by atoms with van der Waals surface area (Å²) < 4.78 is 6.44. The van der Waals surface area contributed by atoms with Gasteiger partial charge < -0.3 is 4.74 Å². The Hall–Kier alpha value is -1.88. The van der Waals surface area contributed by atoms with Gasteiger partial charge in [-0.25, -0.2) is 0 Å². The molecule has 0 bridgehead atoms. The molecule has 0 N–H and O–H groups in total. The van der Waals surface area contributed by atoms with Gasteiger partial charge in [-0.2, -0.15) is 0 Å². The Morgan fingerprint density at radius 1 is 1.17 bits per heavy atom. The van der Waals surface area contributed by atoms with E-state index < -0.39 is 4.92 Å². The van der Waals surface area contributed by atoms with Crippen molar-refractivity contribution in [1.29, 1.82) is 0 Å². The van der Waals surface area contributed by atoms with E-state index in [1.54, 1.807) is 31.2 Å². The molecular weight excluding hydrogens is 298 g/mol. The molecule has 0 aliphatic rings. The van der Waals surface area contributed by atoms with Gasteiger partial charge in [-0.05, 0) is 42.8 Å². The molecule has 0 amide bonds. The molecule has 2 aromatic rings. The summed E-state index contributed by atoms with van der Waals surface area (Å²) in [5, 5.41) is 10.9. The van der Waals surface area contributed by atoms with Crippen LogP contribution in [0.2, 0.25) is 0 Å². The Morgan fingerprint density at radius 3 is 2.44 bits per heavy atom. The van der Waals surface area contributed by atoms with Crippen LogP contribution in [0.4, 0.5) is 5.69 Å². The smallest absolute Gasteiger partial charge is 0.311 e. The van der Waals surface area contributed by atoms with E-state index in [9.17, 15) is 10.1 Å². The Morgan fingerprint density at radius 2 is 1.83 bits per heavy atom. The lowest BCUT2D eigenvalue weighted by Crippen LogP contribution is -1.94. The maximum Gasteiger partial charge on any atom is 0.311 e. The molecule has 0 saturated heterocycles. The summed E-state index contributed by atoms with van der Waals surface area (Å²) in [5.74, 6) is 0.804. The predicted molar refractivity (Wildman–Crippen MR) is 72.0 cm³/mol. The molecule has 0 heterocycles. The van der Waals surface area contributed by atoms with Crippen molar-refractivity contribution in [2.75, 3.05) is 0 Å². The number of benzene rings is 2. The summed E-state index contributed by atoms with van der Waals surface area (Å²) in [4.78, 5) is 10.5. The largest absolute Gasteiger partial charge is 0.450 e. The van der Waals surface area contributed by atoms with E-state index in [1.165, 1.54) is 6.07 Å². The average molecular weight is 308 g/mol. The molecule has 0 atom stereocenters. The van der Waals surface area contributed by atoms with Crippen LogP contribution in [0, 0.1) is 17.0 Å². The van der Waals surface area contributed by atoms with Gasteiger partial charge in [0.1, 0.15) is 5.75 Å². The monoisotopic (exact) mass is 307 g/mol. The highest BCUT2D eigenvalue weighted by atomic mass is 79.9. The molecule has 0 spiro atoms. The molecule has 0 fully saturated rings. The number of nitrogens with zero attached hydrogens (tertiary/aromatic N) is 1. The summed E-state index contributed by atoms with van der Waals surface area (Å²) in [6, 6.07) is 12.0. The quantitative estimate of drug-likeness (QED) is 0.621. The lowest BCUT2D eigenvalue weighted by Gasteiger charge is -2.06. The zero-order valence-corrected chi connectivity index (χ0v) is 11.2. The number of ether oxygens (including phenoxy) is 1. The van der Waals surface area contributed by atoms with Crippen LogP contribution in [0.25, 0.3) is 0 Å². The van der Waals surface area contributed by atoms with Crippen LogP contribution < -0.4 is 4.74 Å². The lowest BCUT2D eigenvalue weighted by atomic mass is 10.2. The number of nitro benzene ring substituents is 1. The minimum Gasteiger partial charge on any atom is -0.450 e. The van der Waals surface area contributed by atoms with Crippen molar-refractivity contribution in [2.24, 2.45) is 0 Å². The molecule has 18 heavy (non-hydrogen) atoms. The number of hydrogen-bond donors (Lipinski definition) is 0. The van der Waals surface area contributed by atoms with Crippen molar-refractivity contribution in [2.45, 2.75) is 6.92 Å². The van der Waals surface area contributed by atoms with Crippen LogP contribution >= 0.6 is 15.9 Å². The molecule has 0 saturated carbocycles. The second kappa shape index (κ2) is 5.18. The Labute approximate surface area is 112 Å². The van der Waals surface area contributed by atoms with Gasteiger partial charge >= 0.3 is 5.69 Å². The molecule has 92 valence electrons. The van der Waals surface area contributed by atoms with E-state index in [4.69, 9.17) is 4.74 Å². The zero-order valence-electron chi connectivity index (χ0n) is 9.59. The maximum atomic E-state index is 10.9. The van der Waals surface area contributed by atoms with Crippen LogP contribution in [0.5, 0.6) is 11.5 Å². The van der Waals surface area contributed by atoms with Gasteiger partial charge in [-0.3, -0.25) is 10.1 Å². The summed E-state index contributed by atoms with van der Waals surface area (Å²) in [7, 11) is 0. The van der Waals surface area contributed by atoms with Crippen molar-refractivity contribution in [3.8, 4) is 11.5 Å². The van der Waals surface area contributed by atoms with Crippen molar-refractivity contribution in [1.82, 2.24) is 0 Å². The third-order valence-electron chi connectivity index (χ3n) is 2.35. The highest BCUT2D eigenvalue weighted by Gasteiger charge is 2.15. The van der Waals surface area contributed by atoms with Gasteiger partial charge in [-0.1, -0.05) is 22.0 Å². The fourth-order valence-electron chi connectivity index (χ4n) is 1.49. The summed E-state index contributed by atoms with van der Waals surface area (Å²) >= 11 is 3.31. The van der Waals surface area contributed by atoms with Crippen molar-refractivity contribution < 1.29 is 9.66 Å². The minimum atomic E-state index is -0.443. The fraction of sp³-hybridized carbons (Fsp3) is 0.0769. The normalized spacial score (nSPS) is 10.1. The van der Waals surface area contributed by atoms with Gasteiger partial charge in [0.25, 0.3) is 0 Å². The van der Waals surface area contributed by atoms with Crippen LogP contribution in [0.15, 0.2) is 46.9 Å². The van der Waals surface area contributed by atoms with Gasteiger partial charge in [0, 0.05) is 10.5 Å². The van der Waals surface area contributed by atoms with E-state index in [-0.39, 0.29) is 11.4 Å². The molecule has 0 radical (unpaired) electrons. The molecular formula is C13H10BrNO3. The molecule has 0 aromatic heterocycles. The predicted octanol–water partition coefficient (Wildman–Crippen LogP) is 4.46. The van der Waals surface area contributed by atoms with E-state index in [0.29, 0.717) is 5.75 Å². The molecule has 2 aromatic carbocycles. The first kappa shape index (κ1) is 12.6. The number of nitro groups is 1. The van der Waals surface area contributed by atoms with Crippen LogP contribution in [0.1, 0.15) is 5.56 Å². The SMILES string of the molecule is Cc1ccc(Oc2ccc(Br)cc2)c([N+](=O)[O-])c1. The summed E-state index contributed by atoms with van der Waals surface area (Å²) in [5.41, 5.74) is 0.794. The third kappa shape index (κ3) is 2.87. The van der Waals surface area contributed by atoms with Gasteiger partial charge in [0.2, 0.25) is 5.75 Å². The van der Waals surface area contributed by atoms with Crippen LogP contribution in [-0.4, -0.2) is 4.92 Å². The fourth-order valence-corrected chi connectivity index (χ4v) is 1.75. The lowest BCUT2D eigenvalue weighted by molar-refractivity contribution is -0.385. The number of hydrogen-bond acceptors (Lipinski definition) is 3. The second-order valence-electron chi connectivity index (χ2n) is 3.78. The van der Waals surface area contributed by atoms with Gasteiger partial charge in [0.05, 0.1) is 4.92 Å². The van der Waals surface area contributed by atoms with E-state index >= 15 is 0 Å². The summed E-state index contributed by atoms with van der Waals surface area (Å²) in [6.45, 7) is 1.80.